The number of rotatable bonds is 10. The zero-order chi connectivity index (χ0) is 20.0. The summed E-state index contributed by atoms with van der Waals surface area (Å²) in [4.78, 5) is 0.140. The quantitative estimate of drug-likeness (QED) is 0.254. The van der Waals surface area contributed by atoms with Crippen LogP contribution in [-0.4, -0.2) is 42.7 Å². The van der Waals surface area contributed by atoms with Gasteiger partial charge in [-0.15, -0.1) is 6.58 Å². The molecule has 0 aliphatic carbocycles. The van der Waals surface area contributed by atoms with Crippen molar-refractivity contribution in [3.05, 3.63) is 42.5 Å². The van der Waals surface area contributed by atoms with Crippen LogP contribution in [0.1, 0.15) is 26.3 Å². The first kappa shape index (κ1) is 23.0. The zero-order valence-corrected chi connectivity index (χ0v) is 18.6. The SMILES string of the molecule is C=CCOC[C@H](COS(=O)(=O)c1ccc(C)cc1)O[Si](C)(C)C(C)(C)C. The van der Waals surface area contributed by atoms with E-state index < -0.39 is 24.5 Å². The van der Waals surface area contributed by atoms with E-state index >= 15 is 0 Å². The van der Waals surface area contributed by atoms with E-state index in [-0.39, 0.29) is 23.1 Å². The van der Waals surface area contributed by atoms with Gasteiger partial charge in [0, 0.05) is 0 Å². The highest BCUT2D eigenvalue weighted by atomic mass is 32.2. The number of hydrogen-bond acceptors (Lipinski definition) is 5. The number of benzene rings is 1. The van der Waals surface area contributed by atoms with E-state index in [2.05, 4.69) is 40.4 Å². The average molecular weight is 401 g/mol. The Morgan fingerprint density at radius 2 is 1.73 bits per heavy atom. The number of ether oxygens (including phenoxy) is 1. The first-order valence-corrected chi connectivity index (χ1v) is 13.0. The Morgan fingerprint density at radius 1 is 1.15 bits per heavy atom. The standard InChI is InChI=1S/C19H32O5SSi/c1-8-13-22-14-17(24-26(6,7)19(3,4)5)15-23-25(20,21)18-11-9-16(2)10-12-18/h8-12,17H,1,13-15H2,2-7H3/t17-/m1/s1. The minimum atomic E-state index is -3.83. The molecule has 0 fully saturated rings. The van der Waals surface area contributed by atoms with Gasteiger partial charge in [-0.2, -0.15) is 8.42 Å². The van der Waals surface area contributed by atoms with Gasteiger partial charge in [0.15, 0.2) is 8.32 Å². The summed E-state index contributed by atoms with van der Waals surface area (Å²) in [5.41, 5.74) is 0.987. The molecule has 1 atom stereocenters. The molecule has 0 heterocycles. The molecule has 0 unspecified atom stereocenters. The molecular formula is C19H32O5SSi. The molecule has 1 aromatic carbocycles. The van der Waals surface area contributed by atoms with Gasteiger partial charge < -0.3 is 9.16 Å². The van der Waals surface area contributed by atoms with E-state index in [0.717, 1.165) is 5.56 Å². The van der Waals surface area contributed by atoms with Gasteiger partial charge >= 0.3 is 0 Å². The highest BCUT2D eigenvalue weighted by Crippen LogP contribution is 2.37. The van der Waals surface area contributed by atoms with Crippen LogP contribution in [0.25, 0.3) is 0 Å². The van der Waals surface area contributed by atoms with Crippen LogP contribution in [-0.2, 0) is 23.5 Å². The Hall–Kier alpha value is -0.993. The molecule has 0 saturated heterocycles. The third kappa shape index (κ3) is 6.96. The molecule has 0 bridgehead atoms. The van der Waals surface area contributed by atoms with Crippen LogP contribution < -0.4 is 0 Å². The Labute approximate surface area is 159 Å². The van der Waals surface area contributed by atoms with E-state index in [0.29, 0.717) is 6.61 Å². The summed E-state index contributed by atoms with van der Waals surface area (Å²) in [6, 6.07) is 6.57. The lowest BCUT2D eigenvalue weighted by molar-refractivity contribution is 0.0298. The summed E-state index contributed by atoms with van der Waals surface area (Å²) >= 11 is 0. The van der Waals surface area contributed by atoms with Crippen molar-refractivity contribution < 1.29 is 21.8 Å². The largest absolute Gasteiger partial charge is 0.409 e. The van der Waals surface area contributed by atoms with Gasteiger partial charge in [0.25, 0.3) is 10.1 Å². The molecule has 0 N–H and O–H groups in total. The van der Waals surface area contributed by atoms with Crippen molar-refractivity contribution in [1.82, 2.24) is 0 Å². The molecule has 0 aliphatic rings. The lowest BCUT2D eigenvalue weighted by Gasteiger charge is -2.39. The van der Waals surface area contributed by atoms with Crippen molar-refractivity contribution >= 4 is 18.4 Å². The van der Waals surface area contributed by atoms with Gasteiger partial charge in [-0.3, -0.25) is 4.18 Å². The maximum Gasteiger partial charge on any atom is 0.297 e. The van der Waals surface area contributed by atoms with Crippen LogP contribution in [0, 0.1) is 6.92 Å². The molecule has 0 aromatic heterocycles. The lowest BCUT2D eigenvalue weighted by Crippen LogP contribution is -2.46. The van der Waals surface area contributed by atoms with Gasteiger partial charge in [0.2, 0.25) is 0 Å². The Kier molecular flexibility index (Phi) is 8.22. The minimum absolute atomic E-state index is 0.000477. The normalized spacial score (nSPS) is 14.2. The summed E-state index contributed by atoms with van der Waals surface area (Å²) in [6.07, 6.45) is 1.18. The highest BCUT2D eigenvalue weighted by molar-refractivity contribution is 7.86. The maximum absolute atomic E-state index is 12.4. The van der Waals surface area contributed by atoms with E-state index in [1.165, 1.54) is 0 Å². The van der Waals surface area contributed by atoms with Crippen LogP contribution in [0.2, 0.25) is 18.1 Å². The molecule has 26 heavy (non-hydrogen) atoms. The third-order valence-electron chi connectivity index (χ3n) is 4.53. The number of hydrogen-bond donors (Lipinski definition) is 0. The van der Waals surface area contributed by atoms with Crippen LogP contribution >= 0.6 is 0 Å². The fraction of sp³-hybridized carbons (Fsp3) is 0.579. The monoisotopic (exact) mass is 400 g/mol. The van der Waals surface area contributed by atoms with Crippen molar-refractivity contribution in [2.45, 2.75) is 56.8 Å². The van der Waals surface area contributed by atoms with Gasteiger partial charge in [-0.1, -0.05) is 44.5 Å². The number of aryl methyl sites for hydroxylation is 1. The topological polar surface area (TPSA) is 61.8 Å². The van der Waals surface area contributed by atoms with E-state index in [1.54, 1.807) is 30.3 Å². The summed E-state index contributed by atoms with van der Waals surface area (Å²) in [5.74, 6) is 0. The molecule has 148 valence electrons. The van der Waals surface area contributed by atoms with Crippen molar-refractivity contribution in [3.8, 4) is 0 Å². The van der Waals surface area contributed by atoms with Gasteiger partial charge in [-0.25, -0.2) is 0 Å². The zero-order valence-electron chi connectivity index (χ0n) is 16.7. The first-order chi connectivity index (χ1) is 11.9. The molecule has 0 amide bonds. The van der Waals surface area contributed by atoms with Crippen molar-refractivity contribution in [3.63, 3.8) is 0 Å². The van der Waals surface area contributed by atoms with E-state index in [1.807, 2.05) is 6.92 Å². The fourth-order valence-corrected chi connectivity index (χ4v) is 4.19. The van der Waals surface area contributed by atoms with Crippen LogP contribution in [0.4, 0.5) is 0 Å². The predicted molar refractivity (Wildman–Crippen MR) is 107 cm³/mol. The molecule has 7 heteroatoms. The first-order valence-electron chi connectivity index (χ1n) is 8.71. The van der Waals surface area contributed by atoms with Crippen LogP contribution in [0.3, 0.4) is 0 Å². The molecular weight excluding hydrogens is 368 g/mol. The van der Waals surface area contributed by atoms with Gasteiger partial charge in [-0.05, 0) is 37.2 Å². The Morgan fingerprint density at radius 3 is 2.23 bits per heavy atom. The van der Waals surface area contributed by atoms with Gasteiger partial charge in [0.05, 0.1) is 30.8 Å². The van der Waals surface area contributed by atoms with Crippen molar-refractivity contribution in [2.24, 2.45) is 0 Å². The third-order valence-corrected chi connectivity index (χ3v) is 10.4. The van der Waals surface area contributed by atoms with Gasteiger partial charge in [0.1, 0.15) is 0 Å². The van der Waals surface area contributed by atoms with Crippen LogP contribution in [0.5, 0.6) is 0 Å². The Balaban J connectivity index is 2.84. The molecule has 0 aliphatic heterocycles. The summed E-state index contributed by atoms with van der Waals surface area (Å²) in [7, 11) is -5.93. The lowest BCUT2D eigenvalue weighted by atomic mass is 10.2. The summed E-state index contributed by atoms with van der Waals surface area (Å²) in [6.45, 7) is 16.7. The molecule has 0 saturated carbocycles. The molecule has 0 radical (unpaired) electrons. The van der Waals surface area contributed by atoms with E-state index in [4.69, 9.17) is 13.3 Å². The second-order valence-corrected chi connectivity index (χ2v) is 14.2. The highest BCUT2D eigenvalue weighted by Gasteiger charge is 2.39. The van der Waals surface area contributed by atoms with Crippen molar-refractivity contribution in [1.29, 1.82) is 0 Å². The summed E-state index contributed by atoms with van der Waals surface area (Å²) in [5, 5.41) is -0.000477. The Bertz CT molecular complexity index is 675. The van der Waals surface area contributed by atoms with Crippen molar-refractivity contribution in [2.75, 3.05) is 19.8 Å². The summed E-state index contributed by atoms with van der Waals surface area (Å²) < 4.78 is 41.9. The second kappa shape index (κ2) is 9.28. The predicted octanol–water partition coefficient (Wildman–Crippen LogP) is 4.29. The van der Waals surface area contributed by atoms with Crippen LogP contribution in [0.15, 0.2) is 41.8 Å². The molecule has 0 spiro atoms. The maximum atomic E-state index is 12.4. The molecule has 1 aromatic rings. The molecule has 1 rings (SSSR count). The minimum Gasteiger partial charge on any atom is -0.409 e. The smallest absolute Gasteiger partial charge is 0.297 e. The van der Waals surface area contributed by atoms with E-state index in [9.17, 15) is 8.42 Å². The average Bonchev–Trinajstić information content (AvgIpc) is 2.52. The molecule has 5 nitrogen and oxygen atoms in total. The fourth-order valence-electron chi connectivity index (χ4n) is 1.93. The second-order valence-electron chi connectivity index (χ2n) is 7.88.